The largest absolute Gasteiger partial charge is 0.492 e. The van der Waals surface area contributed by atoms with Crippen molar-refractivity contribution in [2.75, 3.05) is 25.6 Å². The third-order valence-corrected chi connectivity index (χ3v) is 6.67. The molecule has 0 spiro atoms. The number of benzene rings is 3. The number of nitrogens with one attached hydrogen (secondary N) is 2. The summed E-state index contributed by atoms with van der Waals surface area (Å²) in [7, 11) is 0. The average Bonchev–Trinajstić information content (AvgIpc) is 3.29. The summed E-state index contributed by atoms with van der Waals surface area (Å²) >= 11 is 1.99. The van der Waals surface area contributed by atoms with Gasteiger partial charge >= 0.3 is 0 Å². The first kappa shape index (κ1) is 21.2. The molecule has 5 heteroatoms. The molecule has 3 N–H and O–H groups in total. The number of aliphatic hydroxyl groups excluding tert-OH is 1. The molecule has 0 aromatic heterocycles. The van der Waals surface area contributed by atoms with Crippen molar-refractivity contribution in [3.63, 3.8) is 0 Å². The molecule has 1 saturated heterocycles. The van der Waals surface area contributed by atoms with Gasteiger partial charge in [-0.2, -0.15) is 0 Å². The zero-order chi connectivity index (χ0) is 20.8. The molecule has 30 heavy (non-hydrogen) atoms. The highest BCUT2D eigenvalue weighted by atomic mass is 32.2. The van der Waals surface area contributed by atoms with Gasteiger partial charge in [-0.3, -0.25) is 0 Å². The van der Waals surface area contributed by atoms with Crippen LogP contribution in [0.3, 0.4) is 0 Å². The fourth-order valence-electron chi connectivity index (χ4n) is 3.70. The third kappa shape index (κ3) is 5.76. The first-order valence-electron chi connectivity index (χ1n) is 10.6. The smallest absolute Gasteiger partial charge is 0.119 e. The number of ether oxygens (including phenoxy) is 1. The Morgan fingerprint density at radius 2 is 1.90 bits per heavy atom. The van der Waals surface area contributed by atoms with Crippen LogP contribution < -0.4 is 15.4 Å². The van der Waals surface area contributed by atoms with Gasteiger partial charge < -0.3 is 20.5 Å². The Hall–Kier alpha value is -2.05. The molecule has 4 rings (SSSR count). The number of rotatable bonds is 9. The lowest BCUT2D eigenvalue weighted by atomic mass is 10.0. The molecule has 1 aliphatic rings. The lowest BCUT2D eigenvalue weighted by Crippen LogP contribution is -2.34. The highest BCUT2D eigenvalue weighted by Crippen LogP contribution is 2.22. The van der Waals surface area contributed by atoms with Crippen LogP contribution in [0.15, 0.2) is 66.7 Å². The molecule has 158 valence electrons. The Morgan fingerprint density at radius 3 is 2.67 bits per heavy atom. The quantitative estimate of drug-likeness (QED) is 0.484. The van der Waals surface area contributed by atoms with Gasteiger partial charge in [0.2, 0.25) is 0 Å². The monoisotopic (exact) mass is 422 g/mol. The molecule has 1 fully saturated rings. The number of hydrogen-bond acceptors (Lipinski definition) is 5. The summed E-state index contributed by atoms with van der Waals surface area (Å²) in [5.41, 5.74) is 2.29. The molecule has 3 atom stereocenters. The van der Waals surface area contributed by atoms with Gasteiger partial charge in [0.1, 0.15) is 12.4 Å². The summed E-state index contributed by atoms with van der Waals surface area (Å²) in [5.74, 6) is 1.95. The van der Waals surface area contributed by atoms with E-state index in [0.29, 0.717) is 18.4 Å². The molecule has 3 unspecified atom stereocenters. The summed E-state index contributed by atoms with van der Waals surface area (Å²) in [6, 6.07) is 22.9. The average molecular weight is 423 g/mol. The molecular weight excluding hydrogens is 392 g/mol. The van der Waals surface area contributed by atoms with Crippen molar-refractivity contribution in [3.05, 3.63) is 77.9 Å². The molecule has 0 radical (unpaired) electrons. The highest BCUT2D eigenvalue weighted by molar-refractivity contribution is 8.00. The van der Waals surface area contributed by atoms with Crippen molar-refractivity contribution in [1.82, 2.24) is 10.6 Å². The van der Waals surface area contributed by atoms with Gasteiger partial charge in [0.05, 0.1) is 6.10 Å². The second kappa shape index (κ2) is 10.3. The van der Waals surface area contributed by atoms with Crippen LogP contribution in [0.4, 0.5) is 0 Å². The van der Waals surface area contributed by atoms with Crippen LogP contribution >= 0.6 is 11.8 Å². The first-order chi connectivity index (χ1) is 14.7. The maximum Gasteiger partial charge on any atom is 0.119 e. The predicted octanol–water partition coefficient (Wildman–Crippen LogP) is 4.14. The van der Waals surface area contributed by atoms with Crippen LogP contribution in [0.25, 0.3) is 10.8 Å². The van der Waals surface area contributed by atoms with Crippen LogP contribution in [0.2, 0.25) is 0 Å². The second-order valence-corrected chi connectivity index (χ2v) is 9.27. The number of fused-ring (bicyclic) bond motifs is 1. The van der Waals surface area contributed by atoms with Crippen LogP contribution in [-0.2, 0) is 6.42 Å². The van der Waals surface area contributed by atoms with Gasteiger partial charge in [0.15, 0.2) is 0 Å². The Bertz CT molecular complexity index is 941. The van der Waals surface area contributed by atoms with E-state index in [0.717, 1.165) is 35.5 Å². The van der Waals surface area contributed by atoms with Crippen LogP contribution in [0, 0.1) is 0 Å². The van der Waals surface area contributed by atoms with Crippen molar-refractivity contribution in [3.8, 4) is 5.75 Å². The lowest BCUT2D eigenvalue weighted by molar-refractivity contribution is 0.164. The molecule has 1 heterocycles. The van der Waals surface area contributed by atoms with E-state index in [1.54, 1.807) is 0 Å². The van der Waals surface area contributed by atoms with Crippen molar-refractivity contribution in [1.29, 1.82) is 0 Å². The van der Waals surface area contributed by atoms with Crippen molar-refractivity contribution < 1.29 is 9.84 Å². The van der Waals surface area contributed by atoms with Crippen molar-refractivity contribution in [2.45, 2.75) is 30.7 Å². The van der Waals surface area contributed by atoms with Crippen LogP contribution in [0.5, 0.6) is 5.75 Å². The minimum atomic E-state index is -0.542. The molecule has 0 amide bonds. The van der Waals surface area contributed by atoms with E-state index in [-0.39, 0.29) is 6.04 Å². The molecule has 4 nitrogen and oxygen atoms in total. The molecular formula is C25H30N2O2S. The highest BCUT2D eigenvalue weighted by Gasteiger charge is 2.15. The molecule has 1 aliphatic heterocycles. The van der Waals surface area contributed by atoms with E-state index >= 15 is 0 Å². The minimum Gasteiger partial charge on any atom is -0.492 e. The van der Waals surface area contributed by atoms with Gasteiger partial charge in [0, 0.05) is 30.3 Å². The first-order valence-corrected chi connectivity index (χ1v) is 11.7. The maximum absolute atomic E-state index is 10.6. The summed E-state index contributed by atoms with van der Waals surface area (Å²) in [5, 5.41) is 20.3. The molecule has 0 bridgehead atoms. The zero-order valence-electron chi connectivity index (χ0n) is 17.4. The second-order valence-electron chi connectivity index (χ2n) is 7.98. The number of aliphatic hydroxyl groups is 1. The normalized spacial score (nSPS) is 18.4. The summed E-state index contributed by atoms with van der Waals surface area (Å²) in [6.45, 7) is 4.23. The fourth-order valence-corrected chi connectivity index (χ4v) is 4.71. The standard InChI is InChI=1S/C25H30N2O2S/c1-18(16-29-23-10-6-19(7-11-23)12-24-14-26-17-30-24)27-15-25(28)22-9-8-20-4-2-3-5-21(20)13-22/h2-11,13,18,24-28H,12,14-17H2,1H3. The van der Waals surface area contributed by atoms with E-state index in [9.17, 15) is 5.11 Å². The fraction of sp³-hybridized carbons (Fsp3) is 0.360. The van der Waals surface area contributed by atoms with E-state index in [1.807, 2.05) is 30.0 Å². The number of hydrogen-bond donors (Lipinski definition) is 3. The van der Waals surface area contributed by atoms with Crippen LogP contribution in [0.1, 0.15) is 24.2 Å². The Balaban J connectivity index is 1.21. The third-order valence-electron chi connectivity index (χ3n) is 5.50. The summed E-state index contributed by atoms with van der Waals surface area (Å²) < 4.78 is 5.93. The van der Waals surface area contributed by atoms with Gasteiger partial charge in [0.25, 0.3) is 0 Å². The Kier molecular flexibility index (Phi) is 7.28. The van der Waals surface area contributed by atoms with Gasteiger partial charge in [-0.25, -0.2) is 0 Å². The van der Waals surface area contributed by atoms with Gasteiger partial charge in [-0.15, -0.1) is 11.8 Å². The number of thioether (sulfide) groups is 1. The zero-order valence-corrected chi connectivity index (χ0v) is 18.2. The molecule has 3 aromatic carbocycles. The summed E-state index contributed by atoms with van der Waals surface area (Å²) in [4.78, 5) is 0. The molecule has 0 saturated carbocycles. The maximum atomic E-state index is 10.6. The van der Waals surface area contributed by atoms with Crippen molar-refractivity contribution in [2.24, 2.45) is 0 Å². The topological polar surface area (TPSA) is 53.5 Å². The van der Waals surface area contributed by atoms with E-state index < -0.39 is 6.10 Å². The van der Waals surface area contributed by atoms with E-state index in [2.05, 4.69) is 66.1 Å². The molecule has 3 aromatic rings. The van der Waals surface area contributed by atoms with Crippen molar-refractivity contribution >= 4 is 22.5 Å². The van der Waals surface area contributed by atoms with Crippen LogP contribution in [-0.4, -0.2) is 42.0 Å². The Labute approximate surface area is 183 Å². The van der Waals surface area contributed by atoms with E-state index in [1.165, 1.54) is 10.9 Å². The predicted molar refractivity (Wildman–Crippen MR) is 126 cm³/mol. The summed E-state index contributed by atoms with van der Waals surface area (Å²) in [6.07, 6.45) is 0.557. The SMILES string of the molecule is CC(COc1ccc(CC2CNCS2)cc1)NCC(O)c1ccc2ccccc2c1. The van der Waals surface area contributed by atoms with Gasteiger partial charge in [-0.1, -0.05) is 48.5 Å². The minimum absolute atomic E-state index is 0.140. The van der Waals surface area contributed by atoms with E-state index in [4.69, 9.17) is 4.74 Å². The lowest BCUT2D eigenvalue weighted by Gasteiger charge is -2.18. The Morgan fingerprint density at radius 1 is 1.10 bits per heavy atom. The molecule has 0 aliphatic carbocycles. The van der Waals surface area contributed by atoms with Gasteiger partial charge in [-0.05, 0) is 53.4 Å².